The van der Waals surface area contributed by atoms with Crippen molar-refractivity contribution in [1.29, 1.82) is 10.8 Å². The van der Waals surface area contributed by atoms with Crippen LogP contribution in [0.5, 0.6) is 0 Å². The van der Waals surface area contributed by atoms with E-state index in [1.54, 1.807) is 19.3 Å². The van der Waals surface area contributed by atoms with Crippen molar-refractivity contribution >= 4 is 50.6 Å². The van der Waals surface area contributed by atoms with Crippen LogP contribution in [0.2, 0.25) is 5.15 Å². The molecule has 0 radical (unpaired) electrons. The fourth-order valence-corrected chi connectivity index (χ4v) is 2.09. The van der Waals surface area contributed by atoms with E-state index in [0.29, 0.717) is 20.8 Å². The minimum Gasteiger partial charge on any atom is -0.319 e. The second-order valence-corrected chi connectivity index (χ2v) is 4.85. The molecule has 0 aliphatic carbocycles. The van der Waals surface area contributed by atoms with Gasteiger partial charge in [0.25, 0.3) is 0 Å². The molecule has 18 heavy (non-hydrogen) atoms. The van der Waals surface area contributed by atoms with Gasteiger partial charge in [-0.05, 0) is 22.0 Å². The first-order chi connectivity index (χ1) is 8.52. The highest BCUT2D eigenvalue weighted by molar-refractivity contribution is 9.10. The number of aromatic nitrogens is 2. The van der Waals surface area contributed by atoms with Crippen molar-refractivity contribution in [3.8, 4) is 0 Å². The van der Waals surface area contributed by atoms with Gasteiger partial charge in [-0.25, -0.2) is 9.97 Å². The van der Waals surface area contributed by atoms with Crippen LogP contribution in [0, 0.1) is 10.8 Å². The summed E-state index contributed by atoms with van der Waals surface area (Å²) in [6, 6.07) is 3.47. The highest BCUT2D eigenvalue weighted by Gasteiger charge is 2.13. The van der Waals surface area contributed by atoms with E-state index in [1.807, 2.05) is 6.07 Å². The normalized spacial score (nSPS) is 10.4. The Morgan fingerprint density at radius 2 is 2.22 bits per heavy atom. The van der Waals surface area contributed by atoms with Crippen molar-refractivity contribution in [3.05, 3.63) is 33.6 Å². The summed E-state index contributed by atoms with van der Waals surface area (Å²) in [7, 11) is 1.62. The van der Waals surface area contributed by atoms with Gasteiger partial charge in [0.15, 0.2) is 5.84 Å². The third-order valence-electron chi connectivity index (χ3n) is 2.39. The van der Waals surface area contributed by atoms with Gasteiger partial charge in [-0.15, -0.1) is 0 Å². The maximum atomic E-state index is 7.94. The van der Waals surface area contributed by atoms with Crippen LogP contribution in [0.3, 0.4) is 0 Å². The van der Waals surface area contributed by atoms with E-state index in [1.165, 1.54) is 4.90 Å². The summed E-state index contributed by atoms with van der Waals surface area (Å²) < 4.78 is 0.679. The number of rotatable bonds is 2. The predicted octanol–water partition coefficient (Wildman–Crippen LogP) is 2.91. The molecule has 0 aliphatic rings. The molecule has 0 saturated carbocycles. The van der Waals surface area contributed by atoms with Crippen LogP contribution in [0.1, 0.15) is 5.69 Å². The molecule has 0 unspecified atom stereocenters. The number of nitrogens with one attached hydrogen (secondary N) is 2. The standard InChI is InChI=1S/C11H9BrClN5/c1-18(5-14)11(15)10-7(12)2-6-4-16-9(13)3-8(6)17-10/h2-5,14-15H,1H3. The van der Waals surface area contributed by atoms with Gasteiger partial charge in [0.05, 0.1) is 11.9 Å². The first kappa shape index (κ1) is 12.9. The number of pyridine rings is 2. The summed E-state index contributed by atoms with van der Waals surface area (Å²) in [5.74, 6) is 0.131. The molecule has 2 aromatic heterocycles. The summed E-state index contributed by atoms with van der Waals surface area (Å²) in [5.41, 5.74) is 1.12. The minimum absolute atomic E-state index is 0.131. The van der Waals surface area contributed by atoms with Crippen molar-refractivity contribution in [1.82, 2.24) is 14.9 Å². The van der Waals surface area contributed by atoms with Gasteiger partial charge in [0.2, 0.25) is 0 Å². The van der Waals surface area contributed by atoms with E-state index >= 15 is 0 Å². The smallest absolute Gasteiger partial charge is 0.153 e. The number of fused-ring (bicyclic) bond motifs is 1. The largest absolute Gasteiger partial charge is 0.319 e. The molecule has 0 amide bonds. The minimum atomic E-state index is 0.131. The van der Waals surface area contributed by atoms with E-state index in [0.717, 1.165) is 11.7 Å². The molecule has 0 bridgehead atoms. The molecular formula is C11H9BrClN5. The summed E-state index contributed by atoms with van der Waals surface area (Å²) in [6.45, 7) is 0. The lowest BCUT2D eigenvalue weighted by molar-refractivity contribution is 0.760. The maximum absolute atomic E-state index is 7.94. The molecule has 2 rings (SSSR count). The van der Waals surface area contributed by atoms with E-state index < -0.39 is 0 Å². The lowest BCUT2D eigenvalue weighted by atomic mass is 10.2. The second kappa shape index (κ2) is 4.99. The van der Waals surface area contributed by atoms with Gasteiger partial charge in [0, 0.05) is 29.2 Å². The first-order valence-corrected chi connectivity index (χ1v) is 6.14. The predicted molar refractivity (Wildman–Crippen MR) is 75.6 cm³/mol. The maximum Gasteiger partial charge on any atom is 0.153 e. The molecule has 2 aromatic rings. The first-order valence-electron chi connectivity index (χ1n) is 4.97. The third kappa shape index (κ3) is 2.34. The zero-order valence-electron chi connectivity index (χ0n) is 9.41. The zero-order valence-corrected chi connectivity index (χ0v) is 11.7. The molecule has 7 heteroatoms. The topological polar surface area (TPSA) is 76.7 Å². The Kier molecular flexibility index (Phi) is 3.58. The lowest BCUT2D eigenvalue weighted by Crippen LogP contribution is -2.26. The van der Waals surface area contributed by atoms with Gasteiger partial charge < -0.3 is 4.90 Å². The van der Waals surface area contributed by atoms with Crippen molar-refractivity contribution < 1.29 is 0 Å². The Labute approximate surface area is 117 Å². The number of nitrogens with zero attached hydrogens (tertiary/aromatic N) is 3. The van der Waals surface area contributed by atoms with Crippen LogP contribution in [0.25, 0.3) is 10.9 Å². The number of amidine groups is 1. The van der Waals surface area contributed by atoms with Crippen LogP contribution in [0.15, 0.2) is 22.8 Å². The molecule has 0 saturated heterocycles. The van der Waals surface area contributed by atoms with Crippen molar-refractivity contribution in [2.24, 2.45) is 0 Å². The van der Waals surface area contributed by atoms with Crippen LogP contribution in [0.4, 0.5) is 0 Å². The van der Waals surface area contributed by atoms with E-state index in [2.05, 4.69) is 25.9 Å². The van der Waals surface area contributed by atoms with Gasteiger partial charge in [-0.3, -0.25) is 10.8 Å². The summed E-state index contributed by atoms with van der Waals surface area (Å²) in [5, 5.41) is 16.3. The van der Waals surface area contributed by atoms with E-state index in [9.17, 15) is 0 Å². The Balaban J connectivity index is 2.61. The van der Waals surface area contributed by atoms with Crippen LogP contribution in [-0.4, -0.2) is 34.1 Å². The molecule has 2 heterocycles. The fourth-order valence-electron chi connectivity index (χ4n) is 1.42. The SMILES string of the molecule is CN(C=N)C(=N)c1nc2cc(Cl)ncc2cc1Br. The molecule has 0 spiro atoms. The lowest BCUT2D eigenvalue weighted by Gasteiger charge is -2.14. The quantitative estimate of drug-likeness (QED) is 0.506. The van der Waals surface area contributed by atoms with Crippen LogP contribution < -0.4 is 0 Å². The second-order valence-electron chi connectivity index (χ2n) is 3.61. The van der Waals surface area contributed by atoms with Crippen LogP contribution in [-0.2, 0) is 0 Å². The average Bonchev–Trinajstić information content (AvgIpc) is 2.36. The third-order valence-corrected chi connectivity index (χ3v) is 3.20. The van der Waals surface area contributed by atoms with Crippen molar-refractivity contribution in [2.75, 3.05) is 7.05 Å². The Morgan fingerprint density at radius 1 is 1.50 bits per heavy atom. The molecule has 0 aromatic carbocycles. The van der Waals surface area contributed by atoms with Gasteiger partial charge >= 0.3 is 0 Å². The number of hydrogen-bond acceptors (Lipinski definition) is 4. The molecular weight excluding hydrogens is 318 g/mol. The molecule has 0 atom stereocenters. The van der Waals surface area contributed by atoms with Gasteiger partial charge in [-0.1, -0.05) is 11.6 Å². The van der Waals surface area contributed by atoms with Gasteiger partial charge in [0.1, 0.15) is 10.8 Å². The zero-order chi connectivity index (χ0) is 13.3. The summed E-state index contributed by atoms with van der Waals surface area (Å²) >= 11 is 9.19. The fraction of sp³-hybridized carbons (Fsp3) is 0.0909. The monoisotopic (exact) mass is 325 g/mol. The molecule has 0 aliphatic heterocycles. The van der Waals surface area contributed by atoms with Crippen molar-refractivity contribution in [3.63, 3.8) is 0 Å². The molecule has 92 valence electrons. The Bertz CT molecular complexity index is 643. The summed E-state index contributed by atoms with van der Waals surface area (Å²) in [4.78, 5) is 9.71. The highest BCUT2D eigenvalue weighted by atomic mass is 79.9. The Morgan fingerprint density at radius 3 is 2.89 bits per heavy atom. The molecule has 0 fully saturated rings. The number of halogens is 2. The highest BCUT2D eigenvalue weighted by Crippen LogP contribution is 2.23. The van der Waals surface area contributed by atoms with Crippen molar-refractivity contribution in [2.45, 2.75) is 0 Å². The Hall–Kier alpha value is -1.53. The van der Waals surface area contributed by atoms with E-state index in [-0.39, 0.29) is 5.84 Å². The van der Waals surface area contributed by atoms with Crippen LogP contribution >= 0.6 is 27.5 Å². The molecule has 5 nitrogen and oxygen atoms in total. The average molecular weight is 327 g/mol. The summed E-state index contributed by atoms with van der Waals surface area (Å²) in [6.07, 6.45) is 2.68. The molecule has 2 N–H and O–H groups in total. The van der Waals surface area contributed by atoms with E-state index in [4.69, 9.17) is 22.4 Å². The number of hydrogen-bond donors (Lipinski definition) is 2. The van der Waals surface area contributed by atoms with Gasteiger partial charge in [-0.2, -0.15) is 0 Å².